The Morgan fingerprint density at radius 2 is 1.88 bits per heavy atom. The predicted octanol–water partition coefficient (Wildman–Crippen LogP) is 2.61. The van der Waals surface area contributed by atoms with Gasteiger partial charge in [-0.15, -0.1) is 11.3 Å². The highest BCUT2D eigenvalue weighted by atomic mass is 32.1. The average molecular weight is 474 g/mol. The van der Waals surface area contributed by atoms with Gasteiger partial charge >= 0.3 is 5.69 Å². The molecule has 0 aliphatic heterocycles. The molecule has 34 heavy (non-hydrogen) atoms. The monoisotopic (exact) mass is 473 g/mol. The minimum Gasteiger partial charge on any atom is -0.366 e. The van der Waals surface area contributed by atoms with Gasteiger partial charge in [0.2, 0.25) is 11.7 Å². The molecule has 11 heteroatoms. The topological polar surface area (TPSA) is 129 Å². The summed E-state index contributed by atoms with van der Waals surface area (Å²) in [5, 5.41) is 6.91. The third kappa shape index (κ3) is 3.67. The summed E-state index contributed by atoms with van der Waals surface area (Å²) >= 11 is 1.49. The zero-order chi connectivity index (χ0) is 24.0. The molecule has 3 aromatic heterocycles. The highest BCUT2D eigenvalue weighted by Crippen LogP contribution is 2.30. The van der Waals surface area contributed by atoms with Crippen LogP contribution in [0.3, 0.4) is 0 Å². The SMILES string of the molecule is Cc1nn(C)c(=O)n1-c1ccc(-c2cn3c(C(=O)Nc4cccc(C(N)=O)c4)ncc3s2)cc1. The van der Waals surface area contributed by atoms with E-state index in [1.54, 1.807) is 47.3 Å². The van der Waals surface area contributed by atoms with Crippen molar-refractivity contribution in [1.29, 1.82) is 0 Å². The molecular weight excluding hydrogens is 454 g/mol. The molecule has 0 aliphatic rings. The summed E-state index contributed by atoms with van der Waals surface area (Å²) in [4.78, 5) is 42.5. The van der Waals surface area contributed by atoms with Crippen molar-refractivity contribution in [2.45, 2.75) is 6.92 Å². The molecule has 0 unspecified atom stereocenters. The van der Waals surface area contributed by atoms with Crippen molar-refractivity contribution >= 4 is 33.7 Å². The Balaban J connectivity index is 1.42. The Labute approximate surface area is 196 Å². The van der Waals surface area contributed by atoms with Gasteiger partial charge in [-0.25, -0.2) is 19.0 Å². The van der Waals surface area contributed by atoms with Crippen molar-refractivity contribution in [3.63, 3.8) is 0 Å². The van der Waals surface area contributed by atoms with Crippen molar-refractivity contribution in [2.24, 2.45) is 12.8 Å². The highest BCUT2D eigenvalue weighted by molar-refractivity contribution is 7.20. The van der Waals surface area contributed by atoms with Gasteiger partial charge in [-0.1, -0.05) is 18.2 Å². The van der Waals surface area contributed by atoms with Crippen LogP contribution in [-0.2, 0) is 7.05 Å². The number of hydrogen-bond donors (Lipinski definition) is 2. The molecule has 0 atom stereocenters. The maximum atomic E-state index is 12.8. The number of fused-ring (bicyclic) bond motifs is 1. The first-order valence-corrected chi connectivity index (χ1v) is 11.0. The molecule has 0 bridgehead atoms. The quantitative estimate of drug-likeness (QED) is 0.405. The molecule has 3 heterocycles. The third-order valence-electron chi connectivity index (χ3n) is 5.33. The van der Waals surface area contributed by atoms with Crippen LogP contribution in [0.15, 0.2) is 65.7 Å². The second kappa shape index (κ2) is 8.12. The van der Waals surface area contributed by atoms with Crippen LogP contribution in [0.4, 0.5) is 5.69 Å². The molecule has 0 saturated carbocycles. The smallest absolute Gasteiger partial charge is 0.350 e. The molecule has 5 aromatic rings. The fourth-order valence-electron chi connectivity index (χ4n) is 3.70. The van der Waals surface area contributed by atoms with Gasteiger partial charge in [0.1, 0.15) is 10.7 Å². The fourth-order valence-corrected chi connectivity index (χ4v) is 4.68. The third-order valence-corrected chi connectivity index (χ3v) is 6.40. The van der Waals surface area contributed by atoms with E-state index in [0.29, 0.717) is 17.1 Å². The summed E-state index contributed by atoms with van der Waals surface area (Å²) in [5.41, 5.74) is 7.51. The van der Waals surface area contributed by atoms with Gasteiger partial charge in [0, 0.05) is 24.5 Å². The van der Waals surface area contributed by atoms with E-state index in [4.69, 9.17) is 5.73 Å². The number of aryl methyl sites for hydroxylation is 2. The second-order valence-corrected chi connectivity index (χ2v) is 8.68. The average Bonchev–Trinajstić information content (AvgIpc) is 3.47. The lowest BCUT2D eigenvalue weighted by atomic mass is 10.2. The number of nitrogens with zero attached hydrogens (tertiary/aromatic N) is 5. The van der Waals surface area contributed by atoms with Crippen LogP contribution in [0.2, 0.25) is 0 Å². The zero-order valence-corrected chi connectivity index (χ0v) is 19.0. The van der Waals surface area contributed by atoms with Crippen LogP contribution in [0.1, 0.15) is 26.8 Å². The van der Waals surface area contributed by atoms with Gasteiger partial charge in [-0.3, -0.25) is 14.0 Å². The Hall–Kier alpha value is -4.51. The van der Waals surface area contributed by atoms with E-state index in [2.05, 4.69) is 15.4 Å². The lowest BCUT2D eigenvalue weighted by Crippen LogP contribution is -2.21. The number of nitrogens with two attached hydrogens (primary N) is 1. The molecule has 3 N–H and O–H groups in total. The van der Waals surface area contributed by atoms with Gasteiger partial charge < -0.3 is 11.1 Å². The number of amides is 2. The molecule has 2 aromatic carbocycles. The number of hydrogen-bond acceptors (Lipinski definition) is 6. The number of imidazole rings is 1. The molecule has 5 rings (SSSR count). The van der Waals surface area contributed by atoms with Gasteiger partial charge in [0.25, 0.3) is 5.91 Å². The van der Waals surface area contributed by atoms with Crippen LogP contribution in [-0.4, -0.2) is 35.5 Å². The Morgan fingerprint density at radius 3 is 2.56 bits per heavy atom. The van der Waals surface area contributed by atoms with Crippen molar-refractivity contribution in [3.8, 4) is 16.1 Å². The fraction of sp³-hybridized carbons (Fsp3) is 0.0870. The number of aromatic nitrogens is 5. The van der Waals surface area contributed by atoms with Gasteiger partial charge in [-0.05, 0) is 42.8 Å². The van der Waals surface area contributed by atoms with E-state index in [-0.39, 0.29) is 11.5 Å². The van der Waals surface area contributed by atoms with Crippen LogP contribution in [0.5, 0.6) is 0 Å². The van der Waals surface area contributed by atoms with Crippen molar-refractivity contribution in [2.75, 3.05) is 5.32 Å². The lowest BCUT2D eigenvalue weighted by molar-refractivity contribution is 0.0994. The lowest BCUT2D eigenvalue weighted by Gasteiger charge is -2.05. The predicted molar refractivity (Wildman–Crippen MR) is 129 cm³/mol. The largest absolute Gasteiger partial charge is 0.366 e. The number of thiazole rings is 1. The molecule has 0 spiro atoms. The summed E-state index contributed by atoms with van der Waals surface area (Å²) in [6.45, 7) is 1.78. The highest BCUT2D eigenvalue weighted by Gasteiger charge is 2.17. The first-order chi connectivity index (χ1) is 16.3. The molecule has 0 aliphatic carbocycles. The number of nitrogens with one attached hydrogen (secondary N) is 1. The number of anilines is 1. The first-order valence-electron chi connectivity index (χ1n) is 10.2. The summed E-state index contributed by atoms with van der Waals surface area (Å²) in [7, 11) is 1.62. The molecule has 2 amide bonds. The first kappa shape index (κ1) is 21.3. The van der Waals surface area contributed by atoms with Crippen LogP contribution in [0.25, 0.3) is 21.0 Å². The van der Waals surface area contributed by atoms with Crippen LogP contribution < -0.4 is 16.7 Å². The number of primary amides is 1. The van der Waals surface area contributed by atoms with Gasteiger partial charge in [0.05, 0.1) is 16.8 Å². The van der Waals surface area contributed by atoms with Crippen LogP contribution in [0, 0.1) is 6.92 Å². The van der Waals surface area contributed by atoms with E-state index in [0.717, 1.165) is 21.0 Å². The Kier molecular flexibility index (Phi) is 5.10. The number of rotatable bonds is 5. The van der Waals surface area contributed by atoms with E-state index >= 15 is 0 Å². The Bertz CT molecular complexity index is 1620. The summed E-state index contributed by atoms with van der Waals surface area (Å²) < 4.78 is 4.57. The minimum atomic E-state index is -0.573. The van der Waals surface area contributed by atoms with Gasteiger partial charge in [-0.2, -0.15) is 5.10 Å². The summed E-state index contributed by atoms with van der Waals surface area (Å²) in [6, 6.07) is 14.0. The van der Waals surface area contributed by atoms with Crippen molar-refractivity contribution in [3.05, 3.63) is 88.6 Å². The molecule has 0 saturated heterocycles. The van der Waals surface area contributed by atoms with Gasteiger partial charge in [0.15, 0.2) is 0 Å². The number of benzene rings is 2. The van der Waals surface area contributed by atoms with E-state index in [9.17, 15) is 14.4 Å². The van der Waals surface area contributed by atoms with Crippen molar-refractivity contribution < 1.29 is 9.59 Å². The van der Waals surface area contributed by atoms with Crippen molar-refractivity contribution in [1.82, 2.24) is 23.7 Å². The second-order valence-electron chi connectivity index (χ2n) is 7.62. The molecule has 0 radical (unpaired) electrons. The number of carbonyl (C=O) groups excluding carboxylic acids is 2. The summed E-state index contributed by atoms with van der Waals surface area (Å²) in [6.07, 6.45) is 3.48. The molecule has 10 nitrogen and oxygen atoms in total. The normalized spacial score (nSPS) is 11.1. The number of carbonyl (C=O) groups is 2. The zero-order valence-electron chi connectivity index (χ0n) is 18.2. The van der Waals surface area contributed by atoms with E-state index in [1.165, 1.54) is 22.1 Å². The molecule has 170 valence electrons. The molecule has 0 fully saturated rings. The maximum absolute atomic E-state index is 12.8. The van der Waals surface area contributed by atoms with E-state index in [1.807, 2.05) is 30.5 Å². The van der Waals surface area contributed by atoms with Crippen LogP contribution >= 0.6 is 11.3 Å². The standard InChI is InChI=1S/C23H19N7O3S/c1-13-27-28(2)23(33)30(13)17-8-6-14(7-9-17)18-12-29-19(34-18)11-25-21(29)22(32)26-16-5-3-4-15(10-16)20(24)31/h3-12H,1-2H3,(H2,24,31)(H,26,32). The summed E-state index contributed by atoms with van der Waals surface area (Å²) in [5.74, 6) is -0.158. The van der Waals surface area contributed by atoms with E-state index < -0.39 is 11.8 Å². The maximum Gasteiger partial charge on any atom is 0.350 e. The minimum absolute atomic E-state index is 0.210. The Morgan fingerprint density at radius 1 is 1.12 bits per heavy atom. The molecular formula is C23H19N7O3S.